The number of nitrogens with zero attached hydrogens (tertiary/aromatic N) is 5. The highest BCUT2D eigenvalue weighted by molar-refractivity contribution is 7.09. The van der Waals surface area contributed by atoms with Gasteiger partial charge in [-0.3, -0.25) is 14.4 Å². The largest absolute Gasteiger partial charge is 0.311 e. The van der Waals surface area contributed by atoms with Crippen molar-refractivity contribution in [2.24, 2.45) is 7.05 Å². The molecule has 0 saturated heterocycles. The van der Waals surface area contributed by atoms with Crippen LogP contribution in [0.3, 0.4) is 0 Å². The first-order chi connectivity index (χ1) is 13.9. The molecule has 0 fully saturated rings. The van der Waals surface area contributed by atoms with E-state index in [1.165, 1.54) is 5.56 Å². The highest BCUT2D eigenvalue weighted by Crippen LogP contribution is 2.33. The molecule has 3 heterocycles. The molecule has 2 aromatic heterocycles. The summed E-state index contributed by atoms with van der Waals surface area (Å²) in [6, 6.07) is 6.61. The van der Waals surface area contributed by atoms with Gasteiger partial charge in [-0.25, -0.2) is 4.98 Å². The molecule has 0 atom stereocenters. The van der Waals surface area contributed by atoms with Crippen molar-refractivity contribution in [2.75, 3.05) is 18.0 Å². The number of thiazole rings is 1. The average molecular weight is 410 g/mol. The summed E-state index contributed by atoms with van der Waals surface area (Å²) in [5, 5.41) is 7.40. The van der Waals surface area contributed by atoms with Gasteiger partial charge in [0.2, 0.25) is 5.91 Å². The zero-order valence-corrected chi connectivity index (χ0v) is 18.2. The maximum Gasteiger partial charge on any atom is 0.241 e. The third-order valence-electron chi connectivity index (χ3n) is 5.40. The van der Waals surface area contributed by atoms with Crippen LogP contribution in [0.25, 0.3) is 11.3 Å². The fourth-order valence-corrected chi connectivity index (χ4v) is 4.41. The van der Waals surface area contributed by atoms with E-state index in [0.29, 0.717) is 6.54 Å². The van der Waals surface area contributed by atoms with Crippen LogP contribution in [0.2, 0.25) is 0 Å². The number of anilines is 1. The van der Waals surface area contributed by atoms with Crippen LogP contribution in [0, 0.1) is 6.92 Å². The van der Waals surface area contributed by atoms with Crippen molar-refractivity contribution in [3.63, 3.8) is 0 Å². The highest BCUT2D eigenvalue weighted by atomic mass is 32.1. The SMILES string of the molecule is Cc1nc(-c2ccc3c(c2)CCN3C(=O)CN(Cc2cnn(C)c2)C(C)C)cs1. The molecule has 1 aromatic carbocycles. The van der Waals surface area contributed by atoms with E-state index >= 15 is 0 Å². The van der Waals surface area contributed by atoms with Gasteiger partial charge in [0.05, 0.1) is 23.4 Å². The van der Waals surface area contributed by atoms with Gasteiger partial charge in [0.1, 0.15) is 0 Å². The molecule has 152 valence electrons. The van der Waals surface area contributed by atoms with Crippen molar-refractivity contribution >= 4 is 22.9 Å². The smallest absolute Gasteiger partial charge is 0.241 e. The zero-order chi connectivity index (χ0) is 20.5. The van der Waals surface area contributed by atoms with Crippen LogP contribution in [-0.4, -0.2) is 44.7 Å². The molecule has 1 aliphatic rings. The van der Waals surface area contributed by atoms with E-state index in [0.717, 1.165) is 47.0 Å². The van der Waals surface area contributed by atoms with E-state index in [1.807, 2.05) is 31.3 Å². The summed E-state index contributed by atoms with van der Waals surface area (Å²) < 4.78 is 1.80. The van der Waals surface area contributed by atoms with Gasteiger partial charge in [-0.15, -0.1) is 11.3 Å². The lowest BCUT2D eigenvalue weighted by molar-refractivity contribution is -0.120. The molecule has 1 aliphatic heterocycles. The molecule has 0 N–H and O–H groups in total. The van der Waals surface area contributed by atoms with Crippen LogP contribution in [0.15, 0.2) is 36.0 Å². The minimum Gasteiger partial charge on any atom is -0.311 e. The van der Waals surface area contributed by atoms with Crippen molar-refractivity contribution < 1.29 is 4.79 Å². The second-order valence-corrected chi connectivity index (χ2v) is 8.97. The summed E-state index contributed by atoms with van der Waals surface area (Å²) in [4.78, 5) is 21.8. The van der Waals surface area contributed by atoms with Gasteiger partial charge >= 0.3 is 0 Å². The molecule has 0 unspecified atom stereocenters. The molecule has 29 heavy (non-hydrogen) atoms. The molecular formula is C22H27N5OS. The third kappa shape index (κ3) is 4.26. The van der Waals surface area contributed by atoms with E-state index in [1.54, 1.807) is 16.0 Å². The fourth-order valence-electron chi connectivity index (χ4n) is 3.78. The maximum atomic E-state index is 13.1. The monoisotopic (exact) mass is 409 g/mol. The summed E-state index contributed by atoms with van der Waals surface area (Å²) in [6.07, 6.45) is 4.77. The fraction of sp³-hybridized carbons (Fsp3) is 0.409. The third-order valence-corrected chi connectivity index (χ3v) is 6.18. The van der Waals surface area contributed by atoms with Crippen LogP contribution in [0.4, 0.5) is 5.69 Å². The minimum absolute atomic E-state index is 0.151. The first-order valence-corrected chi connectivity index (χ1v) is 10.9. The molecule has 7 heteroatoms. The molecule has 0 spiro atoms. The number of hydrogen-bond acceptors (Lipinski definition) is 5. The van der Waals surface area contributed by atoms with E-state index in [9.17, 15) is 4.79 Å². The van der Waals surface area contributed by atoms with Crippen molar-refractivity contribution in [3.8, 4) is 11.3 Å². The Morgan fingerprint density at radius 3 is 2.83 bits per heavy atom. The van der Waals surface area contributed by atoms with Crippen molar-refractivity contribution in [2.45, 2.75) is 39.8 Å². The van der Waals surface area contributed by atoms with Crippen LogP contribution < -0.4 is 4.90 Å². The summed E-state index contributed by atoms with van der Waals surface area (Å²) >= 11 is 1.66. The Morgan fingerprint density at radius 1 is 1.34 bits per heavy atom. The number of fused-ring (bicyclic) bond motifs is 1. The van der Waals surface area contributed by atoms with Gasteiger partial charge in [-0.05, 0) is 44.9 Å². The predicted molar refractivity (Wildman–Crippen MR) is 117 cm³/mol. The van der Waals surface area contributed by atoms with E-state index in [4.69, 9.17) is 0 Å². The number of rotatable bonds is 6. The van der Waals surface area contributed by atoms with Gasteiger partial charge in [-0.1, -0.05) is 6.07 Å². The lowest BCUT2D eigenvalue weighted by Gasteiger charge is -2.28. The van der Waals surface area contributed by atoms with Crippen molar-refractivity contribution in [1.29, 1.82) is 0 Å². The Bertz CT molecular complexity index is 1020. The lowest BCUT2D eigenvalue weighted by atomic mass is 10.1. The lowest BCUT2D eigenvalue weighted by Crippen LogP contribution is -2.42. The molecular weight excluding hydrogens is 382 g/mol. The molecule has 1 amide bonds. The van der Waals surface area contributed by atoms with Gasteiger partial charge in [0, 0.05) is 54.6 Å². The predicted octanol–water partition coefficient (Wildman–Crippen LogP) is 3.65. The Labute approximate surface area is 175 Å². The van der Waals surface area contributed by atoms with Crippen molar-refractivity contribution in [1.82, 2.24) is 19.7 Å². The summed E-state index contributed by atoms with van der Waals surface area (Å²) in [5.74, 6) is 0.151. The van der Waals surface area contributed by atoms with Crippen molar-refractivity contribution in [3.05, 3.63) is 52.1 Å². The Hall–Kier alpha value is -2.51. The second-order valence-electron chi connectivity index (χ2n) is 7.91. The molecule has 0 saturated carbocycles. The van der Waals surface area contributed by atoms with Crippen LogP contribution >= 0.6 is 11.3 Å². The number of benzene rings is 1. The van der Waals surface area contributed by atoms with Gasteiger partial charge in [0.15, 0.2) is 0 Å². The average Bonchev–Trinajstić information content (AvgIpc) is 3.40. The Balaban J connectivity index is 1.48. The quantitative estimate of drug-likeness (QED) is 0.624. The van der Waals surface area contributed by atoms with E-state index in [-0.39, 0.29) is 11.9 Å². The summed E-state index contributed by atoms with van der Waals surface area (Å²) in [5.41, 5.74) is 5.53. The van der Waals surface area contributed by atoms with Crippen LogP contribution in [0.1, 0.15) is 30.0 Å². The number of carbonyl (C=O) groups excluding carboxylic acids is 1. The molecule has 6 nitrogen and oxygen atoms in total. The molecule has 4 rings (SSSR count). The number of aryl methyl sites for hydroxylation is 2. The number of carbonyl (C=O) groups is 1. The second kappa shape index (κ2) is 8.08. The molecule has 0 bridgehead atoms. The maximum absolute atomic E-state index is 13.1. The first kappa shape index (κ1) is 19.8. The summed E-state index contributed by atoms with van der Waals surface area (Å²) in [7, 11) is 1.91. The van der Waals surface area contributed by atoms with Crippen LogP contribution in [-0.2, 0) is 24.8 Å². The highest BCUT2D eigenvalue weighted by Gasteiger charge is 2.27. The number of hydrogen-bond donors (Lipinski definition) is 0. The minimum atomic E-state index is 0.151. The van der Waals surface area contributed by atoms with Crippen LogP contribution in [0.5, 0.6) is 0 Å². The molecule has 0 radical (unpaired) electrons. The normalized spacial score (nSPS) is 13.5. The Morgan fingerprint density at radius 2 is 2.17 bits per heavy atom. The number of amides is 1. The number of aromatic nitrogens is 3. The van der Waals surface area contributed by atoms with E-state index < -0.39 is 0 Å². The summed E-state index contributed by atoms with van der Waals surface area (Å²) in [6.45, 7) is 8.15. The van der Waals surface area contributed by atoms with Gasteiger partial charge in [0.25, 0.3) is 0 Å². The zero-order valence-electron chi connectivity index (χ0n) is 17.4. The first-order valence-electron chi connectivity index (χ1n) is 9.98. The molecule has 3 aromatic rings. The van der Waals surface area contributed by atoms with Gasteiger partial charge in [-0.2, -0.15) is 5.10 Å². The molecule has 0 aliphatic carbocycles. The standard InChI is InChI=1S/C22H27N5OS/c1-15(2)26(12-17-10-23-25(4)11-17)13-22(28)27-8-7-19-9-18(5-6-21(19)27)20-14-29-16(3)24-20/h5-6,9-11,14-15H,7-8,12-13H2,1-4H3. The van der Waals surface area contributed by atoms with E-state index in [2.05, 4.69) is 52.4 Å². The van der Waals surface area contributed by atoms with Gasteiger partial charge < -0.3 is 4.90 Å². The topological polar surface area (TPSA) is 54.3 Å². The Kier molecular flexibility index (Phi) is 5.52.